The quantitative estimate of drug-likeness (QED) is 0.199. The molecule has 146 valence electrons. The lowest BCUT2D eigenvalue weighted by Gasteiger charge is -2.11. The van der Waals surface area contributed by atoms with Gasteiger partial charge < -0.3 is 19.7 Å². The zero-order chi connectivity index (χ0) is 20.1. The standard InChI is InChI=1S/C21H26O5S/c1-4-6-20(26-11-5-12-27-3)15-19(23)14-18-13-17(21(24)25-2)8-7-16(18)9-10-22/h1,6-8,13,15,22-23H,5,9-12,14H2,2-3H3/b19-15+,20-6+. The minimum absolute atomic E-state index is 0.0319. The van der Waals surface area contributed by atoms with Crippen molar-refractivity contribution in [2.24, 2.45) is 0 Å². The third-order valence-corrected chi connectivity index (χ3v) is 4.37. The van der Waals surface area contributed by atoms with Gasteiger partial charge in [-0.25, -0.2) is 4.79 Å². The molecule has 0 radical (unpaired) electrons. The van der Waals surface area contributed by atoms with Crippen LogP contribution in [-0.4, -0.2) is 48.5 Å². The average molecular weight is 391 g/mol. The van der Waals surface area contributed by atoms with E-state index in [4.69, 9.17) is 15.9 Å². The second kappa shape index (κ2) is 12.9. The molecule has 1 rings (SSSR count). The Labute approximate surface area is 165 Å². The van der Waals surface area contributed by atoms with E-state index < -0.39 is 5.97 Å². The van der Waals surface area contributed by atoms with Crippen molar-refractivity contribution in [2.75, 3.05) is 32.3 Å². The van der Waals surface area contributed by atoms with Crippen molar-refractivity contribution in [1.29, 1.82) is 0 Å². The maximum atomic E-state index is 11.8. The van der Waals surface area contributed by atoms with Crippen molar-refractivity contribution >= 4 is 17.7 Å². The summed E-state index contributed by atoms with van der Waals surface area (Å²) in [6.45, 7) is 0.474. The zero-order valence-electron chi connectivity index (χ0n) is 15.7. The van der Waals surface area contributed by atoms with Gasteiger partial charge in [-0.15, -0.1) is 6.42 Å². The highest BCUT2D eigenvalue weighted by Gasteiger charge is 2.11. The minimum Gasteiger partial charge on any atom is -0.512 e. The number of ether oxygens (including phenoxy) is 2. The largest absolute Gasteiger partial charge is 0.512 e. The molecule has 0 saturated carbocycles. The number of thioether (sulfide) groups is 1. The summed E-state index contributed by atoms with van der Waals surface area (Å²) in [5.74, 6) is 3.37. The molecule has 0 aliphatic rings. The van der Waals surface area contributed by atoms with Crippen molar-refractivity contribution in [3.63, 3.8) is 0 Å². The van der Waals surface area contributed by atoms with E-state index in [0.717, 1.165) is 23.3 Å². The zero-order valence-corrected chi connectivity index (χ0v) is 16.6. The van der Waals surface area contributed by atoms with Gasteiger partial charge in [0, 0.05) is 25.2 Å². The van der Waals surface area contributed by atoms with E-state index >= 15 is 0 Å². The molecule has 0 saturated heterocycles. The number of aliphatic hydroxyl groups excluding tert-OH is 2. The molecule has 0 atom stereocenters. The van der Waals surface area contributed by atoms with Gasteiger partial charge in [0.1, 0.15) is 11.5 Å². The molecule has 0 amide bonds. The lowest BCUT2D eigenvalue weighted by atomic mass is 9.98. The lowest BCUT2D eigenvalue weighted by Crippen LogP contribution is -2.06. The molecule has 0 aliphatic heterocycles. The second-order valence-electron chi connectivity index (χ2n) is 5.67. The Morgan fingerprint density at radius 3 is 2.78 bits per heavy atom. The molecule has 5 nitrogen and oxygen atoms in total. The van der Waals surface area contributed by atoms with E-state index in [1.54, 1.807) is 30.0 Å². The van der Waals surface area contributed by atoms with Crippen LogP contribution in [0.5, 0.6) is 0 Å². The van der Waals surface area contributed by atoms with E-state index in [0.29, 0.717) is 24.4 Å². The molecule has 6 heteroatoms. The molecular formula is C21H26O5S. The number of benzene rings is 1. The Morgan fingerprint density at radius 2 is 2.15 bits per heavy atom. The number of aliphatic hydroxyl groups is 2. The Bertz CT molecular complexity index is 716. The summed E-state index contributed by atoms with van der Waals surface area (Å²) >= 11 is 1.73. The van der Waals surface area contributed by atoms with Crippen LogP contribution in [0.3, 0.4) is 0 Å². The first-order chi connectivity index (χ1) is 13.0. The highest BCUT2D eigenvalue weighted by atomic mass is 32.2. The van der Waals surface area contributed by atoms with Gasteiger partial charge in [0.15, 0.2) is 0 Å². The maximum Gasteiger partial charge on any atom is 0.337 e. The van der Waals surface area contributed by atoms with Crippen LogP contribution in [0.4, 0.5) is 0 Å². The first-order valence-corrected chi connectivity index (χ1v) is 9.93. The number of esters is 1. The molecule has 1 aromatic rings. The summed E-state index contributed by atoms with van der Waals surface area (Å²) in [4.78, 5) is 11.8. The number of carbonyl (C=O) groups excluding carboxylic acids is 1. The van der Waals surface area contributed by atoms with E-state index in [1.165, 1.54) is 19.3 Å². The van der Waals surface area contributed by atoms with Gasteiger partial charge in [-0.05, 0) is 48.1 Å². The summed E-state index contributed by atoms with van der Waals surface area (Å²) in [7, 11) is 1.31. The Hall–Kier alpha value is -2.36. The maximum absolute atomic E-state index is 11.8. The molecule has 0 heterocycles. The molecule has 0 unspecified atom stereocenters. The molecule has 0 fully saturated rings. The normalized spacial score (nSPS) is 11.8. The number of rotatable bonds is 11. The lowest BCUT2D eigenvalue weighted by molar-refractivity contribution is 0.0600. The average Bonchev–Trinajstić information content (AvgIpc) is 2.66. The fraction of sp³-hybridized carbons (Fsp3) is 0.381. The van der Waals surface area contributed by atoms with E-state index in [1.807, 2.05) is 6.26 Å². The topological polar surface area (TPSA) is 76.0 Å². The Kier molecular flexibility index (Phi) is 10.8. The van der Waals surface area contributed by atoms with Gasteiger partial charge in [0.2, 0.25) is 0 Å². The van der Waals surface area contributed by atoms with Crippen LogP contribution in [0, 0.1) is 12.3 Å². The molecular weight excluding hydrogens is 364 g/mol. The monoisotopic (exact) mass is 390 g/mol. The Balaban J connectivity index is 2.98. The van der Waals surface area contributed by atoms with Crippen LogP contribution in [-0.2, 0) is 22.3 Å². The van der Waals surface area contributed by atoms with Crippen molar-refractivity contribution in [3.8, 4) is 12.3 Å². The number of hydrogen-bond acceptors (Lipinski definition) is 6. The molecule has 0 spiro atoms. The Morgan fingerprint density at radius 1 is 1.37 bits per heavy atom. The predicted octanol–water partition coefficient (Wildman–Crippen LogP) is 3.28. The third-order valence-electron chi connectivity index (χ3n) is 3.68. The number of methoxy groups -OCH3 is 1. The van der Waals surface area contributed by atoms with Crippen LogP contribution in [0.1, 0.15) is 27.9 Å². The summed E-state index contributed by atoms with van der Waals surface area (Å²) in [5, 5.41) is 19.6. The summed E-state index contributed by atoms with van der Waals surface area (Å²) < 4.78 is 10.3. The van der Waals surface area contributed by atoms with E-state index in [2.05, 4.69) is 5.92 Å². The van der Waals surface area contributed by atoms with E-state index in [-0.39, 0.29) is 18.8 Å². The summed E-state index contributed by atoms with van der Waals surface area (Å²) in [5.41, 5.74) is 1.95. The number of carbonyl (C=O) groups is 1. The number of terminal acetylenes is 1. The molecule has 1 aromatic carbocycles. The van der Waals surface area contributed by atoms with E-state index in [9.17, 15) is 15.0 Å². The SMILES string of the molecule is C#C/C=C(\C=C(\O)Cc1cc(C(=O)OC)ccc1CCO)OCCCSC. The molecule has 2 N–H and O–H groups in total. The number of allylic oxidation sites excluding steroid dienone is 3. The van der Waals surface area contributed by atoms with Crippen LogP contribution in [0.2, 0.25) is 0 Å². The number of hydrogen-bond donors (Lipinski definition) is 2. The van der Waals surface area contributed by atoms with Crippen molar-refractivity contribution in [1.82, 2.24) is 0 Å². The smallest absolute Gasteiger partial charge is 0.337 e. The van der Waals surface area contributed by atoms with Gasteiger partial charge in [-0.2, -0.15) is 11.8 Å². The predicted molar refractivity (Wildman–Crippen MR) is 109 cm³/mol. The van der Waals surface area contributed by atoms with Gasteiger partial charge in [-0.1, -0.05) is 12.0 Å². The fourth-order valence-corrected chi connectivity index (χ4v) is 2.82. The third kappa shape index (κ3) is 8.25. The molecule has 0 aliphatic carbocycles. The van der Waals surface area contributed by atoms with Gasteiger partial charge in [0.05, 0.1) is 19.3 Å². The molecule has 0 bridgehead atoms. The summed E-state index contributed by atoms with van der Waals surface area (Å²) in [6.07, 6.45) is 11.7. The first-order valence-electron chi connectivity index (χ1n) is 8.54. The van der Waals surface area contributed by atoms with Crippen molar-refractivity contribution in [3.05, 3.63) is 58.6 Å². The highest BCUT2D eigenvalue weighted by molar-refractivity contribution is 7.98. The molecule has 27 heavy (non-hydrogen) atoms. The van der Waals surface area contributed by atoms with Crippen molar-refractivity contribution < 1.29 is 24.5 Å². The van der Waals surface area contributed by atoms with Crippen LogP contribution in [0.15, 0.2) is 41.9 Å². The van der Waals surface area contributed by atoms with Crippen molar-refractivity contribution in [2.45, 2.75) is 19.3 Å². The molecule has 0 aromatic heterocycles. The van der Waals surface area contributed by atoms with Crippen LogP contribution in [0.25, 0.3) is 0 Å². The first kappa shape index (κ1) is 22.7. The van der Waals surface area contributed by atoms with Gasteiger partial charge in [-0.3, -0.25) is 0 Å². The van der Waals surface area contributed by atoms with Gasteiger partial charge in [0.25, 0.3) is 0 Å². The fourth-order valence-electron chi connectivity index (χ4n) is 2.41. The van der Waals surface area contributed by atoms with Crippen LogP contribution < -0.4 is 0 Å². The summed E-state index contributed by atoms with van der Waals surface area (Å²) in [6, 6.07) is 5.05. The minimum atomic E-state index is -0.458. The van der Waals surface area contributed by atoms with Crippen LogP contribution >= 0.6 is 11.8 Å². The second-order valence-corrected chi connectivity index (χ2v) is 6.65. The van der Waals surface area contributed by atoms with Gasteiger partial charge >= 0.3 is 5.97 Å². The highest BCUT2D eigenvalue weighted by Crippen LogP contribution is 2.18.